The summed E-state index contributed by atoms with van der Waals surface area (Å²) >= 11 is 0. The van der Waals surface area contributed by atoms with E-state index in [1.807, 2.05) is 4.90 Å². The van der Waals surface area contributed by atoms with Gasteiger partial charge in [-0.3, -0.25) is 14.6 Å². The maximum atomic E-state index is 12.6. The van der Waals surface area contributed by atoms with E-state index in [9.17, 15) is 9.59 Å². The highest BCUT2D eigenvalue weighted by molar-refractivity contribution is 5.99. The van der Waals surface area contributed by atoms with Crippen molar-refractivity contribution < 1.29 is 9.59 Å². The van der Waals surface area contributed by atoms with Crippen LogP contribution in [0.1, 0.15) is 73.1 Å². The van der Waals surface area contributed by atoms with Crippen LogP contribution < -0.4 is 5.32 Å². The predicted octanol–water partition coefficient (Wildman–Crippen LogP) is 3.02. The lowest BCUT2D eigenvalue weighted by Crippen LogP contribution is -2.34. The van der Waals surface area contributed by atoms with Crippen LogP contribution in [0.3, 0.4) is 0 Å². The van der Waals surface area contributed by atoms with Crippen LogP contribution in [-0.4, -0.2) is 40.8 Å². The average molecular weight is 317 g/mol. The van der Waals surface area contributed by atoms with E-state index in [4.69, 9.17) is 0 Å². The number of carbonyl (C=O) groups is 2. The van der Waals surface area contributed by atoms with Crippen LogP contribution in [0.2, 0.25) is 0 Å². The summed E-state index contributed by atoms with van der Waals surface area (Å²) in [5, 5.41) is 3.04. The van der Waals surface area contributed by atoms with Crippen molar-refractivity contribution in [3.8, 4) is 0 Å². The van der Waals surface area contributed by atoms with E-state index in [2.05, 4.69) is 24.1 Å². The lowest BCUT2D eigenvalue weighted by molar-refractivity contribution is 0.0755. The summed E-state index contributed by atoms with van der Waals surface area (Å²) in [5.74, 6) is -0.173. The number of pyridine rings is 1. The molecule has 0 bridgehead atoms. The molecule has 1 aromatic rings. The topological polar surface area (TPSA) is 62.3 Å². The van der Waals surface area contributed by atoms with Gasteiger partial charge in [0.05, 0.1) is 11.1 Å². The summed E-state index contributed by atoms with van der Waals surface area (Å²) < 4.78 is 0. The van der Waals surface area contributed by atoms with Gasteiger partial charge in [0, 0.05) is 31.5 Å². The molecule has 0 atom stereocenters. The van der Waals surface area contributed by atoms with Crippen LogP contribution >= 0.6 is 0 Å². The van der Waals surface area contributed by atoms with Gasteiger partial charge in [-0.2, -0.15) is 0 Å². The van der Waals surface area contributed by atoms with Crippen LogP contribution in [0.5, 0.6) is 0 Å². The Morgan fingerprint density at radius 1 is 1.13 bits per heavy atom. The maximum Gasteiger partial charge on any atom is 0.255 e. The zero-order valence-electron chi connectivity index (χ0n) is 14.2. The Labute approximate surface area is 138 Å². The largest absolute Gasteiger partial charge is 0.349 e. The predicted molar refractivity (Wildman–Crippen MR) is 90.4 cm³/mol. The summed E-state index contributed by atoms with van der Waals surface area (Å²) in [4.78, 5) is 30.8. The second-order valence-electron chi connectivity index (χ2n) is 6.21. The first-order valence-electron chi connectivity index (χ1n) is 8.70. The zero-order chi connectivity index (χ0) is 16.7. The first-order chi connectivity index (χ1) is 11.2. The molecule has 0 spiro atoms. The molecule has 1 aromatic heterocycles. The summed E-state index contributed by atoms with van der Waals surface area (Å²) in [7, 11) is 0. The molecule has 23 heavy (non-hydrogen) atoms. The Kier molecular flexibility index (Phi) is 6.56. The molecule has 0 aliphatic heterocycles. The van der Waals surface area contributed by atoms with Gasteiger partial charge in [0.25, 0.3) is 11.8 Å². The normalized spacial score (nSPS) is 14.7. The van der Waals surface area contributed by atoms with Crippen molar-refractivity contribution in [2.75, 3.05) is 13.1 Å². The smallest absolute Gasteiger partial charge is 0.255 e. The highest BCUT2D eigenvalue weighted by Crippen LogP contribution is 2.18. The molecule has 0 aromatic carbocycles. The van der Waals surface area contributed by atoms with E-state index < -0.39 is 0 Å². The number of carbonyl (C=O) groups excluding carboxylic acids is 2. The van der Waals surface area contributed by atoms with Crippen molar-refractivity contribution in [1.29, 1.82) is 0 Å². The minimum absolute atomic E-state index is 0.0447. The van der Waals surface area contributed by atoms with Gasteiger partial charge in [-0.25, -0.2) is 0 Å². The first-order valence-corrected chi connectivity index (χ1v) is 8.70. The number of amides is 2. The number of hydrogen-bond donors (Lipinski definition) is 1. The molecule has 1 fully saturated rings. The van der Waals surface area contributed by atoms with E-state index in [0.717, 1.165) is 38.8 Å². The third-order valence-electron chi connectivity index (χ3n) is 4.21. The molecule has 0 unspecified atom stereocenters. The Bertz CT molecular complexity index is 533. The quantitative estimate of drug-likeness (QED) is 0.841. The molecule has 5 heteroatoms. The number of rotatable bonds is 7. The lowest BCUT2D eigenvalue weighted by atomic mass is 10.1. The zero-order valence-corrected chi connectivity index (χ0v) is 14.2. The SMILES string of the molecule is CCCN(CCC)C(=O)c1cncc(C(=O)NC2CCCC2)c1. The number of hydrogen-bond acceptors (Lipinski definition) is 3. The second-order valence-corrected chi connectivity index (χ2v) is 6.21. The Hall–Kier alpha value is -1.91. The number of nitrogens with zero attached hydrogens (tertiary/aromatic N) is 2. The van der Waals surface area contributed by atoms with Gasteiger partial charge in [0.1, 0.15) is 0 Å². The van der Waals surface area contributed by atoms with Crippen LogP contribution in [0.15, 0.2) is 18.5 Å². The fourth-order valence-corrected chi connectivity index (χ4v) is 3.06. The Morgan fingerprint density at radius 3 is 2.35 bits per heavy atom. The van der Waals surface area contributed by atoms with Crippen LogP contribution in [0, 0.1) is 0 Å². The molecule has 2 amide bonds. The summed E-state index contributed by atoms with van der Waals surface area (Å²) in [5.41, 5.74) is 0.960. The maximum absolute atomic E-state index is 12.6. The van der Waals surface area contributed by atoms with Crippen molar-refractivity contribution in [2.24, 2.45) is 0 Å². The third kappa shape index (κ3) is 4.78. The van der Waals surface area contributed by atoms with E-state index in [1.54, 1.807) is 12.3 Å². The monoisotopic (exact) mass is 317 g/mol. The van der Waals surface area contributed by atoms with Crippen LogP contribution in [0.25, 0.3) is 0 Å². The lowest BCUT2D eigenvalue weighted by Gasteiger charge is -2.21. The summed E-state index contributed by atoms with van der Waals surface area (Å²) in [6, 6.07) is 1.93. The van der Waals surface area contributed by atoms with Gasteiger partial charge in [-0.05, 0) is 31.7 Å². The highest BCUT2D eigenvalue weighted by atomic mass is 16.2. The third-order valence-corrected chi connectivity index (χ3v) is 4.21. The van der Waals surface area contributed by atoms with Gasteiger partial charge in [-0.1, -0.05) is 26.7 Å². The molecule has 0 saturated heterocycles. The molecule has 5 nitrogen and oxygen atoms in total. The molecule has 126 valence electrons. The molecule has 1 N–H and O–H groups in total. The van der Waals surface area contributed by atoms with Crippen molar-refractivity contribution >= 4 is 11.8 Å². The summed E-state index contributed by atoms with van der Waals surface area (Å²) in [6.07, 6.45) is 9.34. The fourth-order valence-electron chi connectivity index (χ4n) is 3.06. The Morgan fingerprint density at radius 2 is 1.74 bits per heavy atom. The van der Waals surface area contributed by atoms with E-state index >= 15 is 0 Å². The van der Waals surface area contributed by atoms with Crippen molar-refractivity contribution in [3.63, 3.8) is 0 Å². The standard InChI is InChI=1S/C18H27N3O2/c1-3-9-21(10-4-2)18(23)15-11-14(12-19-13-15)17(22)20-16-7-5-6-8-16/h11-13,16H,3-10H2,1-2H3,(H,20,22). The van der Waals surface area contributed by atoms with Crippen LogP contribution in [0.4, 0.5) is 0 Å². The fraction of sp³-hybridized carbons (Fsp3) is 0.611. The first kappa shape index (κ1) is 17.4. The van der Waals surface area contributed by atoms with Gasteiger partial charge in [0.15, 0.2) is 0 Å². The Balaban J connectivity index is 2.08. The van der Waals surface area contributed by atoms with Crippen molar-refractivity contribution in [2.45, 2.75) is 58.4 Å². The van der Waals surface area contributed by atoms with Crippen molar-refractivity contribution in [1.82, 2.24) is 15.2 Å². The van der Waals surface area contributed by atoms with Crippen molar-refractivity contribution in [3.05, 3.63) is 29.6 Å². The average Bonchev–Trinajstić information content (AvgIpc) is 3.07. The van der Waals surface area contributed by atoms with Gasteiger partial charge in [0.2, 0.25) is 0 Å². The number of aromatic nitrogens is 1. The molecule has 1 aliphatic rings. The van der Waals surface area contributed by atoms with E-state index in [1.165, 1.54) is 19.0 Å². The minimum Gasteiger partial charge on any atom is -0.349 e. The molecular weight excluding hydrogens is 290 g/mol. The van der Waals surface area contributed by atoms with Gasteiger partial charge >= 0.3 is 0 Å². The highest BCUT2D eigenvalue weighted by Gasteiger charge is 2.20. The van der Waals surface area contributed by atoms with Crippen LogP contribution in [-0.2, 0) is 0 Å². The molecule has 2 rings (SSSR count). The summed E-state index contributed by atoms with van der Waals surface area (Å²) in [6.45, 7) is 5.57. The molecule has 0 radical (unpaired) electrons. The number of nitrogens with one attached hydrogen (secondary N) is 1. The van der Waals surface area contributed by atoms with Gasteiger partial charge < -0.3 is 10.2 Å². The minimum atomic E-state index is -0.128. The molecule has 1 saturated carbocycles. The molecule has 1 heterocycles. The molecular formula is C18H27N3O2. The molecule has 1 aliphatic carbocycles. The second kappa shape index (κ2) is 8.65. The van der Waals surface area contributed by atoms with E-state index in [0.29, 0.717) is 11.1 Å². The van der Waals surface area contributed by atoms with E-state index in [-0.39, 0.29) is 17.9 Å². The van der Waals surface area contributed by atoms with Gasteiger partial charge in [-0.15, -0.1) is 0 Å².